The van der Waals surface area contributed by atoms with Gasteiger partial charge in [0.2, 0.25) is 0 Å². The molecule has 78 valence electrons. The van der Waals surface area contributed by atoms with E-state index in [1.54, 1.807) is 0 Å². The molecule has 0 aromatic carbocycles. The van der Waals surface area contributed by atoms with E-state index in [4.69, 9.17) is 4.74 Å². The highest BCUT2D eigenvalue weighted by Crippen LogP contribution is 1.97. The molecule has 0 bridgehead atoms. The zero-order valence-corrected chi connectivity index (χ0v) is 9.14. The molecule has 0 aromatic heterocycles. The monoisotopic (exact) mass is 187 g/mol. The lowest BCUT2D eigenvalue weighted by atomic mass is 10.1. The van der Waals surface area contributed by atoms with Crippen molar-refractivity contribution in [2.45, 2.75) is 39.7 Å². The fourth-order valence-electron chi connectivity index (χ4n) is 0.745. The predicted octanol–water partition coefficient (Wildman–Crippen LogP) is 1.37. The molecule has 0 radical (unpaired) electrons. The highest BCUT2D eigenvalue weighted by molar-refractivity contribution is 5.81. The molecule has 13 heavy (non-hydrogen) atoms. The molecule has 0 aliphatic heterocycles. The van der Waals surface area contributed by atoms with Crippen LogP contribution in [0.3, 0.4) is 0 Å². The Morgan fingerprint density at radius 2 is 2.00 bits per heavy atom. The van der Waals surface area contributed by atoms with E-state index in [2.05, 4.69) is 5.32 Å². The van der Waals surface area contributed by atoms with Crippen molar-refractivity contribution < 1.29 is 9.53 Å². The largest absolute Gasteiger partial charge is 0.374 e. The molecule has 0 aliphatic rings. The number of ether oxygens (including phenoxy) is 1. The Bertz CT molecular complexity index is 149. The van der Waals surface area contributed by atoms with Gasteiger partial charge in [0, 0.05) is 12.1 Å². The third kappa shape index (κ3) is 9.50. The SMILES string of the molecule is CCCOCC(=O)CNC(C)(C)C. The summed E-state index contributed by atoms with van der Waals surface area (Å²) in [6.07, 6.45) is 0.958. The second kappa shape index (κ2) is 6.11. The van der Waals surface area contributed by atoms with Crippen molar-refractivity contribution in [2.75, 3.05) is 19.8 Å². The van der Waals surface area contributed by atoms with Crippen LogP contribution in [0.1, 0.15) is 34.1 Å². The summed E-state index contributed by atoms with van der Waals surface area (Å²) in [5, 5.41) is 3.12. The number of carbonyl (C=O) groups is 1. The van der Waals surface area contributed by atoms with Crippen LogP contribution in [-0.2, 0) is 9.53 Å². The van der Waals surface area contributed by atoms with Crippen molar-refractivity contribution in [3.63, 3.8) is 0 Å². The molecule has 0 amide bonds. The van der Waals surface area contributed by atoms with Gasteiger partial charge in [-0.05, 0) is 27.2 Å². The van der Waals surface area contributed by atoms with Crippen LogP contribution in [0.15, 0.2) is 0 Å². The van der Waals surface area contributed by atoms with E-state index in [0.717, 1.165) is 6.42 Å². The molecule has 0 saturated heterocycles. The number of nitrogens with one attached hydrogen (secondary N) is 1. The molecule has 0 rings (SSSR count). The second-order valence-electron chi connectivity index (χ2n) is 4.19. The molecular formula is C10H21NO2. The Morgan fingerprint density at radius 1 is 1.38 bits per heavy atom. The average Bonchev–Trinajstić information content (AvgIpc) is 2.00. The lowest BCUT2D eigenvalue weighted by Crippen LogP contribution is -2.40. The molecule has 0 saturated carbocycles. The summed E-state index contributed by atoms with van der Waals surface area (Å²) < 4.78 is 5.12. The first-order valence-corrected chi connectivity index (χ1v) is 4.80. The first-order valence-electron chi connectivity index (χ1n) is 4.80. The van der Waals surface area contributed by atoms with E-state index >= 15 is 0 Å². The van der Waals surface area contributed by atoms with Crippen LogP contribution in [0.4, 0.5) is 0 Å². The third-order valence-corrected chi connectivity index (χ3v) is 1.43. The molecule has 0 fully saturated rings. The Labute approximate surface area is 80.8 Å². The van der Waals surface area contributed by atoms with E-state index in [9.17, 15) is 4.79 Å². The van der Waals surface area contributed by atoms with E-state index in [1.165, 1.54) is 0 Å². The quantitative estimate of drug-likeness (QED) is 0.638. The predicted molar refractivity (Wildman–Crippen MR) is 53.9 cm³/mol. The van der Waals surface area contributed by atoms with Crippen LogP contribution < -0.4 is 5.32 Å². The number of Topliss-reactive ketones (excluding diaryl/α,β-unsaturated/α-hetero) is 1. The molecule has 0 unspecified atom stereocenters. The fourth-order valence-corrected chi connectivity index (χ4v) is 0.745. The Balaban J connectivity index is 3.41. The Morgan fingerprint density at radius 3 is 2.46 bits per heavy atom. The lowest BCUT2D eigenvalue weighted by Gasteiger charge is -2.19. The van der Waals surface area contributed by atoms with Crippen LogP contribution in [0.25, 0.3) is 0 Å². The zero-order valence-electron chi connectivity index (χ0n) is 9.14. The van der Waals surface area contributed by atoms with Crippen LogP contribution in [-0.4, -0.2) is 31.1 Å². The van der Waals surface area contributed by atoms with E-state index < -0.39 is 0 Å². The van der Waals surface area contributed by atoms with Gasteiger partial charge >= 0.3 is 0 Å². The summed E-state index contributed by atoms with van der Waals surface area (Å²) in [6, 6.07) is 0. The number of hydrogen-bond acceptors (Lipinski definition) is 3. The van der Waals surface area contributed by atoms with E-state index in [-0.39, 0.29) is 17.9 Å². The van der Waals surface area contributed by atoms with Crippen molar-refractivity contribution in [3.8, 4) is 0 Å². The summed E-state index contributed by atoms with van der Waals surface area (Å²) in [6.45, 7) is 9.43. The van der Waals surface area contributed by atoms with Crippen LogP contribution in [0.2, 0.25) is 0 Å². The van der Waals surface area contributed by atoms with Crippen molar-refractivity contribution in [3.05, 3.63) is 0 Å². The molecule has 1 N–H and O–H groups in total. The maximum absolute atomic E-state index is 11.2. The smallest absolute Gasteiger partial charge is 0.172 e. The first kappa shape index (κ1) is 12.6. The van der Waals surface area contributed by atoms with Gasteiger partial charge in [-0.3, -0.25) is 4.79 Å². The summed E-state index contributed by atoms with van der Waals surface area (Å²) in [5.74, 6) is 0.114. The van der Waals surface area contributed by atoms with Crippen molar-refractivity contribution in [1.82, 2.24) is 5.32 Å². The minimum Gasteiger partial charge on any atom is -0.374 e. The van der Waals surface area contributed by atoms with Gasteiger partial charge in [-0.25, -0.2) is 0 Å². The lowest BCUT2D eigenvalue weighted by molar-refractivity contribution is -0.123. The van der Waals surface area contributed by atoms with Gasteiger partial charge in [0.1, 0.15) is 6.61 Å². The Kier molecular flexibility index (Phi) is 5.91. The van der Waals surface area contributed by atoms with Crippen LogP contribution in [0.5, 0.6) is 0 Å². The molecule has 0 aromatic rings. The van der Waals surface area contributed by atoms with Crippen LogP contribution in [0, 0.1) is 0 Å². The summed E-state index contributed by atoms with van der Waals surface area (Å²) in [4.78, 5) is 11.2. The highest BCUT2D eigenvalue weighted by Gasteiger charge is 2.10. The number of hydrogen-bond donors (Lipinski definition) is 1. The van der Waals surface area contributed by atoms with Crippen molar-refractivity contribution in [2.24, 2.45) is 0 Å². The van der Waals surface area contributed by atoms with Gasteiger partial charge in [0.15, 0.2) is 5.78 Å². The topological polar surface area (TPSA) is 38.3 Å². The van der Waals surface area contributed by atoms with Gasteiger partial charge in [-0.1, -0.05) is 6.92 Å². The second-order valence-corrected chi connectivity index (χ2v) is 4.19. The van der Waals surface area contributed by atoms with Gasteiger partial charge in [-0.15, -0.1) is 0 Å². The van der Waals surface area contributed by atoms with Crippen LogP contribution >= 0.6 is 0 Å². The van der Waals surface area contributed by atoms with Gasteiger partial charge in [0.25, 0.3) is 0 Å². The number of ketones is 1. The molecule has 0 heterocycles. The Hall–Kier alpha value is -0.410. The normalized spacial score (nSPS) is 11.7. The molecule has 0 aliphatic carbocycles. The summed E-state index contributed by atoms with van der Waals surface area (Å²) in [7, 11) is 0. The van der Waals surface area contributed by atoms with E-state index in [1.807, 2.05) is 27.7 Å². The minimum absolute atomic E-state index is 0.000413. The van der Waals surface area contributed by atoms with Gasteiger partial charge in [0.05, 0.1) is 6.54 Å². The highest BCUT2D eigenvalue weighted by atomic mass is 16.5. The first-order chi connectivity index (χ1) is 5.95. The number of rotatable bonds is 6. The molecule has 3 heteroatoms. The molecular weight excluding hydrogens is 166 g/mol. The molecule has 0 atom stereocenters. The van der Waals surface area contributed by atoms with Crippen molar-refractivity contribution in [1.29, 1.82) is 0 Å². The molecule has 0 spiro atoms. The van der Waals surface area contributed by atoms with Gasteiger partial charge in [-0.2, -0.15) is 0 Å². The summed E-state index contributed by atoms with van der Waals surface area (Å²) in [5.41, 5.74) is 0.000413. The third-order valence-electron chi connectivity index (χ3n) is 1.43. The average molecular weight is 187 g/mol. The van der Waals surface area contributed by atoms with Gasteiger partial charge < -0.3 is 10.1 Å². The van der Waals surface area contributed by atoms with E-state index in [0.29, 0.717) is 13.2 Å². The fraction of sp³-hybridized carbons (Fsp3) is 0.900. The minimum atomic E-state index is 0.000413. The van der Waals surface area contributed by atoms with Crippen molar-refractivity contribution >= 4 is 5.78 Å². The standard InChI is InChI=1S/C10H21NO2/c1-5-6-13-8-9(12)7-11-10(2,3)4/h11H,5-8H2,1-4H3. The molecule has 3 nitrogen and oxygen atoms in total. The zero-order chi connectivity index (χ0) is 10.3. The summed E-state index contributed by atoms with van der Waals surface area (Å²) >= 11 is 0. The maximum atomic E-state index is 11.2. The maximum Gasteiger partial charge on any atom is 0.172 e. The number of carbonyl (C=O) groups excluding carboxylic acids is 1.